The number of thiophene rings is 1. The maximum absolute atomic E-state index is 12.2. The Kier molecular flexibility index (Phi) is 6.61. The SMILES string of the molecule is CC(C)CCS(=O)(=O)NNC(=O)c1cc2c(s1)CCCCCC2. The summed E-state index contributed by atoms with van der Waals surface area (Å²) in [6.07, 6.45) is 7.41. The third-order valence-corrected chi connectivity index (χ3v) is 6.43. The summed E-state index contributed by atoms with van der Waals surface area (Å²) >= 11 is 1.49. The van der Waals surface area contributed by atoms with Crippen LogP contribution in [0.1, 0.15) is 66.1 Å². The van der Waals surface area contributed by atoms with Crippen LogP contribution in [0.2, 0.25) is 0 Å². The Morgan fingerprint density at radius 2 is 1.91 bits per heavy atom. The zero-order chi connectivity index (χ0) is 16.9. The topological polar surface area (TPSA) is 75.3 Å². The lowest BCUT2D eigenvalue weighted by Gasteiger charge is -2.08. The van der Waals surface area contributed by atoms with E-state index in [2.05, 4.69) is 10.3 Å². The quantitative estimate of drug-likeness (QED) is 0.768. The molecule has 0 spiro atoms. The number of amides is 1. The van der Waals surface area contributed by atoms with Crippen LogP contribution < -0.4 is 10.3 Å². The molecule has 1 heterocycles. The molecule has 1 aromatic heterocycles. The number of aryl methyl sites for hydroxylation is 2. The highest BCUT2D eigenvalue weighted by Crippen LogP contribution is 2.28. The minimum absolute atomic E-state index is 0.0197. The molecular formula is C16H26N2O3S2. The van der Waals surface area contributed by atoms with E-state index in [-0.39, 0.29) is 11.7 Å². The summed E-state index contributed by atoms with van der Waals surface area (Å²) in [6.45, 7) is 3.94. The van der Waals surface area contributed by atoms with Gasteiger partial charge in [-0.1, -0.05) is 26.7 Å². The van der Waals surface area contributed by atoms with Gasteiger partial charge in [0.05, 0.1) is 10.6 Å². The van der Waals surface area contributed by atoms with Crippen molar-refractivity contribution in [3.8, 4) is 0 Å². The van der Waals surface area contributed by atoms with Crippen molar-refractivity contribution in [3.05, 3.63) is 21.4 Å². The van der Waals surface area contributed by atoms with Crippen molar-refractivity contribution in [1.29, 1.82) is 0 Å². The summed E-state index contributed by atoms with van der Waals surface area (Å²) in [6, 6.07) is 1.92. The maximum atomic E-state index is 12.2. The molecule has 0 saturated heterocycles. The molecule has 1 aliphatic rings. The summed E-state index contributed by atoms with van der Waals surface area (Å²) in [7, 11) is -3.47. The maximum Gasteiger partial charge on any atom is 0.276 e. The van der Waals surface area contributed by atoms with Crippen LogP contribution in [-0.2, 0) is 22.9 Å². The highest BCUT2D eigenvalue weighted by molar-refractivity contribution is 7.89. The largest absolute Gasteiger partial charge is 0.276 e. The fourth-order valence-electron chi connectivity index (χ4n) is 2.58. The van der Waals surface area contributed by atoms with Crippen LogP contribution in [0.5, 0.6) is 0 Å². The molecule has 1 amide bonds. The predicted octanol–water partition coefficient (Wildman–Crippen LogP) is 3.02. The molecule has 2 rings (SSSR count). The third-order valence-electron chi connectivity index (χ3n) is 4.00. The molecule has 7 heteroatoms. The van der Waals surface area contributed by atoms with E-state index in [0.717, 1.165) is 25.7 Å². The van der Waals surface area contributed by atoms with Gasteiger partial charge < -0.3 is 0 Å². The minimum atomic E-state index is -3.47. The van der Waals surface area contributed by atoms with Crippen LogP contribution in [0, 0.1) is 5.92 Å². The second kappa shape index (κ2) is 8.26. The smallest absolute Gasteiger partial charge is 0.273 e. The number of sulfonamides is 1. The monoisotopic (exact) mass is 358 g/mol. The number of hydrogen-bond donors (Lipinski definition) is 2. The van der Waals surface area contributed by atoms with Gasteiger partial charge in [0.1, 0.15) is 0 Å². The Hall–Kier alpha value is -0.920. The summed E-state index contributed by atoms with van der Waals surface area (Å²) in [5.74, 6) is -0.0413. The van der Waals surface area contributed by atoms with Gasteiger partial charge in [-0.2, -0.15) is 0 Å². The van der Waals surface area contributed by atoms with Gasteiger partial charge in [-0.3, -0.25) is 10.2 Å². The highest BCUT2D eigenvalue weighted by Gasteiger charge is 2.18. The number of hydrogen-bond acceptors (Lipinski definition) is 4. The normalized spacial score (nSPS) is 15.8. The van der Waals surface area contributed by atoms with Crippen LogP contribution >= 0.6 is 11.3 Å². The molecule has 0 unspecified atom stereocenters. The number of hydrazine groups is 1. The van der Waals surface area contributed by atoms with E-state index >= 15 is 0 Å². The van der Waals surface area contributed by atoms with E-state index in [1.54, 1.807) is 0 Å². The molecule has 2 N–H and O–H groups in total. The second-order valence-corrected chi connectivity index (χ2v) is 9.51. The third kappa shape index (κ3) is 5.90. The fraction of sp³-hybridized carbons (Fsp3) is 0.688. The molecule has 0 saturated carbocycles. The van der Waals surface area contributed by atoms with Crippen LogP contribution in [0.25, 0.3) is 0 Å². The molecule has 0 fully saturated rings. The number of carbonyl (C=O) groups is 1. The van der Waals surface area contributed by atoms with Crippen LogP contribution in [0.4, 0.5) is 0 Å². The molecule has 0 atom stereocenters. The van der Waals surface area contributed by atoms with Gasteiger partial charge in [-0.25, -0.2) is 8.42 Å². The summed E-state index contributed by atoms with van der Waals surface area (Å²) in [5.41, 5.74) is 3.59. The Morgan fingerprint density at radius 3 is 2.61 bits per heavy atom. The molecule has 23 heavy (non-hydrogen) atoms. The van der Waals surface area contributed by atoms with Crippen molar-refractivity contribution in [2.45, 2.75) is 58.8 Å². The number of nitrogens with one attached hydrogen (secondary N) is 2. The van der Waals surface area contributed by atoms with E-state index in [4.69, 9.17) is 0 Å². The average molecular weight is 359 g/mol. The van der Waals surface area contributed by atoms with Gasteiger partial charge in [0, 0.05) is 4.88 Å². The molecule has 5 nitrogen and oxygen atoms in total. The first kappa shape index (κ1) is 18.4. The lowest BCUT2D eigenvalue weighted by Crippen LogP contribution is -2.42. The van der Waals surface area contributed by atoms with Gasteiger partial charge in [0.2, 0.25) is 10.0 Å². The van der Waals surface area contributed by atoms with Gasteiger partial charge >= 0.3 is 0 Å². The molecule has 0 aromatic carbocycles. The van der Waals surface area contributed by atoms with Crippen molar-refractivity contribution in [2.75, 3.05) is 5.75 Å². The zero-order valence-corrected chi connectivity index (χ0v) is 15.5. The van der Waals surface area contributed by atoms with Crippen molar-refractivity contribution < 1.29 is 13.2 Å². The Bertz CT molecular complexity index is 610. The predicted molar refractivity (Wildman–Crippen MR) is 94.0 cm³/mol. The van der Waals surface area contributed by atoms with Gasteiger partial charge in [-0.15, -0.1) is 16.2 Å². The fourth-order valence-corrected chi connectivity index (χ4v) is 4.86. The first-order chi connectivity index (χ1) is 10.9. The van der Waals surface area contributed by atoms with E-state index in [0.29, 0.717) is 17.2 Å². The van der Waals surface area contributed by atoms with Crippen LogP contribution in [0.15, 0.2) is 6.07 Å². The van der Waals surface area contributed by atoms with E-state index < -0.39 is 10.0 Å². The summed E-state index contributed by atoms with van der Waals surface area (Å²) in [5, 5.41) is 0. The number of rotatable bonds is 6. The molecule has 1 aromatic rings. The first-order valence-corrected chi connectivity index (χ1v) is 10.8. The van der Waals surface area contributed by atoms with Crippen molar-refractivity contribution in [2.24, 2.45) is 5.92 Å². The summed E-state index contributed by atoms with van der Waals surface area (Å²) < 4.78 is 23.7. The van der Waals surface area contributed by atoms with Crippen LogP contribution in [0.3, 0.4) is 0 Å². The molecule has 0 bridgehead atoms. The van der Waals surface area contributed by atoms with Gasteiger partial charge in [0.15, 0.2) is 0 Å². The Morgan fingerprint density at radius 1 is 1.22 bits per heavy atom. The summed E-state index contributed by atoms with van der Waals surface area (Å²) in [4.78, 5) is 16.3. The minimum Gasteiger partial charge on any atom is -0.273 e. The molecular weight excluding hydrogens is 332 g/mol. The van der Waals surface area contributed by atoms with Crippen molar-refractivity contribution >= 4 is 27.3 Å². The van der Waals surface area contributed by atoms with E-state index in [9.17, 15) is 13.2 Å². The standard InChI is InChI=1S/C16H26N2O3S2/c1-12(2)9-10-23(20,21)18-17-16(19)15-11-13-7-5-3-4-6-8-14(13)22-15/h11-12,18H,3-10H2,1-2H3,(H,17,19). The molecule has 1 aliphatic carbocycles. The van der Waals surface area contributed by atoms with E-state index in [1.807, 2.05) is 19.9 Å². The van der Waals surface area contributed by atoms with Crippen molar-refractivity contribution in [3.63, 3.8) is 0 Å². The van der Waals surface area contributed by atoms with Crippen LogP contribution in [-0.4, -0.2) is 20.1 Å². The lowest BCUT2D eigenvalue weighted by atomic mass is 10.00. The van der Waals surface area contributed by atoms with Gasteiger partial charge in [-0.05, 0) is 49.7 Å². The van der Waals surface area contributed by atoms with E-state index in [1.165, 1.54) is 34.6 Å². The molecule has 0 aliphatic heterocycles. The Labute approximate surface area is 142 Å². The lowest BCUT2D eigenvalue weighted by molar-refractivity contribution is 0.0949. The highest BCUT2D eigenvalue weighted by atomic mass is 32.2. The Balaban J connectivity index is 1.94. The van der Waals surface area contributed by atoms with Gasteiger partial charge in [0.25, 0.3) is 5.91 Å². The second-order valence-electron chi connectivity index (χ2n) is 6.53. The first-order valence-electron chi connectivity index (χ1n) is 8.29. The number of carbonyl (C=O) groups excluding carboxylic acids is 1. The molecule has 0 radical (unpaired) electrons. The van der Waals surface area contributed by atoms with Crippen molar-refractivity contribution in [1.82, 2.24) is 10.3 Å². The number of fused-ring (bicyclic) bond motifs is 1. The molecule has 130 valence electrons. The average Bonchev–Trinajstić information content (AvgIpc) is 2.85. The zero-order valence-electron chi connectivity index (χ0n) is 13.9.